The third kappa shape index (κ3) is 6.49. The summed E-state index contributed by atoms with van der Waals surface area (Å²) in [6, 6.07) is 17.6. The summed E-state index contributed by atoms with van der Waals surface area (Å²) >= 11 is 0. The summed E-state index contributed by atoms with van der Waals surface area (Å²) in [4.78, 5) is 24.7. The number of hydrogen-bond acceptors (Lipinski definition) is 4. The largest absolute Gasteiger partial charge is 0.348 e. The Hall–Kier alpha value is -4.00. The zero-order chi connectivity index (χ0) is 23.8. The van der Waals surface area contributed by atoms with Gasteiger partial charge in [0, 0.05) is 23.4 Å². The molecule has 3 aromatic rings. The Bertz CT molecular complexity index is 1320. The summed E-state index contributed by atoms with van der Waals surface area (Å²) in [6.45, 7) is 0.0403. The van der Waals surface area contributed by atoms with Crippen molar-refractivity contribution in [3.8, 4) is 12.3 Å². The average Bonchev–Trinajstić information content (AvgIpc) is 2.81. The molecule has 3 N–H and O–H groups in total. The highest BCUT2D eigenvalue weighted by atomic mass is 32.2. The van der Waals surface area contributed by atoms with Crippen LogP contribution in [0.3, 0.4) is 0 Å². The highest BCUT2D eigenvalue weighted by molar-refractivity contribution is 7.89. The maximum atomic E-state index is 13.3. The molecule has 0 saturated carbocycles. The number of rotatable bonds is 8. The van der Waals surface area contributed by atoms with E-state index in [9.17, 15) is 22.4 Å². The lowest BCUT2D eigenvalue weighted by atomic mass is 10.1. The van der Waals surface area contributed by atoms with Crippen LogP contribution < -0.4 is 15.4 Å². The molecule has 0 spiro atoms. The first-order valence-corrected chi connectivity index (χ1v) is 11.2. The van der Waals surface area contributed by atoms with Gasteiger partial charge in [0.2, 0.25) is 10.0 Å². The van der Waals surface area contributed by atoms with Crippen LogP contribution in [0.4, 0.5) is 10.1 Å². The van der Waals surface area contributed by atoms with Gasteiger partial charge in [0.25, 0.3) is 11.8 Å². The highest BCUT2D eigenvalue weighted by Gasteiger charge is 2.14. The van der Waals surface area contributed by atoms with Gasteiger partial charge >= 0.3 is 0 Å². The number of nitrogens with one attached hydrogen (secondary N) is 3. The molecule has 0 atom stereocenters. The lowest BCUT2D eigenvalue weighted by Gasteiger charge is -2.10. The molecule has 0 aromatic heterocycles. The molecule has 0 bridgehead atoms. The van der Waals surface area contributed by atoms with Crippen molar-refractivity contribution in [1.82, 2.24) is 10.0 Å². The molecule has 7 nitrogen and oxygen atoms in total. The summed E-state index contributed by atoms with van der Waals surface area (Å²) in [6.07, 6.45) is 5.06. The smallest absolute Gasteiger partial charge is 0.255 e. The second kappa shape index (κ2) is 10.5. The molecule has 0 fully saturated rings. The van der Waals surface area contributed by atoms with Gasteiger partial charge in [-0.25, -0.2) is 12.8 Å². The summed E-state index contributed by atoms with van der Waals surface area (Å²) in [5.74, 6) is 0.827. The first-order chi connectivity index (χ1) is 15.8. The molecule has 33 heavy (non-hydrogen) atoms. The van der Waals surface area contributed by atoms with Crippen LogP contribution in [0.25, 0.3) is 0 Å². The molecule has 0 aliphatic heterocycles. The second-order valence-electron chi connectivity index (χ2n) is 6.90. The van der Waals surface area contributed by atoms with E-state index in [2.05, 4.69) is 21.3 Å². The van der Waals surface area contributed by atoms with E-state index in [-0.39, 0.29) is 29.1 Å². The van der Waals surface area contributed by atoms with Gasteiger partial charge in [-0.05, 0) is 60.2 Å². The molecule has 9 heteroatoms. The van der Waals surface area contributed by atoms with Crippen LogP contribution in [0.15, 0.2) is 77.7 Å². The van der Waals surface area contributed by atoms with Gasteiger partial charge in [-0.15, -0.1) is 6.42 Å². The van der Waals surface area contributed by atoms with Crippen molar-refractivity contribution in [3.63, 3.8) is 0 Å². The minimum Gasteiger partial charge on any atom is -0.348 e. The van der Waals surface area contributed by atoms with Crippen molar-refractivity contribution in [2.24, 2.45) is 0 Å². The van der Waals surface area contributed by atoms with E-state index in [1.807, 2.05) is 0 Å². The van der Waals surface area contributed by atoms with Gasteiger partial charge in [0.05, 0.1) is 11.4 Å². The summed E-state index contributed by atoms with van der Waals surface area (Å²) < 4.78 is 39.6. The Labute approximate surface area is 191 Å². The van der Waals surface area contributed by atoms with E-state index >= 15 is 0 Å². The topological polar surface area (TPSA) is 104 Å². The van der Waals surface area contributed by atoms with Gasteiger partial charge < -0.3 is 10.6 Å². The van der Waals surface area contributed by atoms with Crippen LogP contribution in [0.5, 0.6) is 0 Å². The van der Waals surface area contributed by atoms with E-state index < -0.39 is 27.7 Å². The standard InChI is InChI=1S/C24H20FN3O4S/c1-2-13-27-33(31,32)22-11-9-18(10-12-22)23(29)26-16-17-5-3-8-21(14-17)28-24(30)19-6-4-7-20(25)15-19/h1,3-12,14-15,27H,13,16H2,(H,26,29)(H,28,30). The molecule has 0 aliphatic rings. The number of carbonyl (C=O) groups excluding carboxylic acids is 2. The zero-order valence-corrected chi connectivity index (χ0v) is 18.2. The van der Waals surface area contributed by atoms with Crippen molar-refractivity contribution >= 4 is 27.5 Å². The van der Waals surface area contributed by atoms with E-state index in [1.165, 1.54) is 42.5 Å². The van der Waals surface area contributed by atoms with Gasteiger partial charge in [-0.3, -0.25) is 9.59 Å². The summed E-state index contributed by atoms with van der Waals surface area (Å²) in [5, 5.41) is 5.42. The van der Waals surface area contributed by atoms with Crippen LogP contribution >= 0.6 is 0 Å². The SMILES string of the molecule is C#CCNS(=O)(=O)c1ccc(C(=O)NCc2cccc(NC(=O)c3cccc(F)c3)c2)cc1. The minimum absolute atomic E-state index is 0.00367. The quantitative estimate of drug-likeness (QED) is 0.445. The molecule has 0 saturated heterocycles. The normalized spacial score (nSPS) is 10.8. The van der Waals surface area contributed by atoms with Crippen molar-refractivity contribution in [1.29, 1.82) is 0 Å². The monoisotopic (exact) mass is 465 g/mol. The van der Waals surface area contributed by atoms with Crippen molar-refractivity contribution in [2.75, 3.05) is 11.9 Å². The maximum Gasteiger partial charge on any atom is 0.255 e. The second-order valence-corrected chi connectivity index (χ2v) is 8.67. The number of terminal acetylenes is 1. The molecule has 0 aliphatic carbocycles. The maximum absolute atomic E-state index is 13.3. The number of carbonyl (C=O) groups is 2. The van der Waals surface area contributed by atoms with E-state index in [0.717, 1.165) is 11.6 Å². The number of amides is 2. The van der Waals surface area contributed by atoms with Gasteiger partial charge in [-0.2, -0.15) is 4.72 Å². The highest BCUT2D eigenvalue weighted by Crippen LogP contribution is 2.14. The Kier molecular flexibility index (Phi) is 7.56. The Morgan fingerprint density at radius 1 is 0.909 bits per heavy atom. The molecule has 2 amide bonds. The molecular formula is C24H20FN3O4S. The molecular weight excluding hydrogens is 445 g/mol. The fourth-order valence-corrected chi connectivity index (χ4v) is 3.82. The molecule has 0 unspecified atom stereocenters. The molecule has 3 rings (SSSR count). The average molecular weight is 466 g/mol. The third-order valence-corrected chi connectivity index (χ3v) is 5.93. The van der Waals surface area contributed by atoms with Crippen molar-refractivity contribution in [3.05, 3.63) is 95.3 Å². The van der Waals surface area contributed by atoms with Gasteiger partial charge in [0.15, 0.2) is 0 Å². The van der Waals surface area contributed by atoms with Gasteiger partial charge in [0.1, 0.15) is 5.82 Å². The molecule has 0 radical (unpaired) electrons. The van der Waals surface area contributed by atoms with Crippen LogP contribution in [-0.2, 0) is 16.6 Å². The Balaban J connectivity index is 1.60. The summed E-state index contributed by atoms with van der Waals surface area (Å²) in [7, 11) is -3.74. The lowest BCUT2D eigenvalue weighted by molar-refractivity contribution is 0.0949. The number of anilines is 1. The predicted molar refractivity (Wildman–Crippen MR) is 122 cm³/mol. The van der Waals surface area contributed by atoms with Crippen LogP contribution in [-0.4, -0.2) is 26.8 Å². The van der Waals surface area contributed by atoms with E-state index in [1.54, 1.807) is 24.3 Å². The van der Waals surface area contributed by atoms with Crippen LogP contribution in [0, 0.1) is 18.2 Å². The number of sulfonamides is 1. The fourth-order valence-electron chi connectivity index (χ4n) is 2.88. The van der Waals surface area contributed by atoms with Crippen LogP contribution in [0.1, 0.15) is 26.3 Å². The van der Waals surface area contributed by atoms with E-state index in [0.29, 0.717) is 5.69 Å². The third-order valence-electron chi connectivity index (χ3n) is 4.52. The molecule has 3 aromatic carbocycles. The van der Waals surface area contributed by atoms with Gasteiger partial charge in [-0.1, -0.05) is 24.1 Å². The zero-order valence-electron chi connectivity index (χ0n) is 17.3. The first kappa shape index (κ1) is 23.7. The number of hydrogen-bond donors (Lipinski definition) is 3. The van der Waals surface area contributed by atoms with E-state index in [4.69, 9.17) is 6.42 Å². The predicted octanol–water partition coefficient (Wildman–Crippen LogP) is 2.92. The minimum atomic E-state index is -3.74. The Morgan fingerprint density at radius 2 is 1.64 bits per heavy atom. The van der Waals surface area contributed by atoms with Crippen molar-refractivity contribution < 1.29 is 22.4 Å². The summed E-state index contributed by atoms with van der Waals surface area (Å²) in [5.41, 5.74) is 1.68. The van der Waals surface area contributed by atoms with Crippen LogP contribution in [0.2, 0.25) is 0 Å². The lowest BCUT2D eigenvalue weighted by Crippen LogP contribution is -2.25. The fraction of sp³-hybridized carbons (Fsp3) is 0.0833. The number of benzene rings is 3. The Morgan fingerprint density at radius 3 is 2.33 bits per heavy atom. The van der Waals surface area contributed by atoms with Crippen molar-refractivity contribution in [2.45, 2.75) is 11.4 Å². The first-order valence-electron chi connectivity index (χ1n) is 9.76. The number of halogens is 1. The molecule has 0 heterocycles. The molecule has 168 valence electrons.